The Hall–Kier alpha value is -1.42. The fourth-order valence-corrected chi connectivity index (χ4v) is 2.21. The van der Waals surface area contributed by atoms with E-state index in [4.69, 9.17) is 5.73 Å². The summed E-state index contributed by atoms with van der Waals surface area (Å²) < 4.78 is 13.2. The molecule has 0 spiro atoms. The minimum Gasteiger partial charge on any atom is -0.349 e. The molecule has 0 saturated carbocycles. The number of rotatable bonds is 5. The van der Waals surface area contributed by atoms with E-state index in [9.17, 15) is 9.18 Å². The van der Waals surface area contributed by atoms with Crippen molar-refractivity contribution in [1.29, 1.82) is 0 Å². The molecule has 2 atom stereocenters. The Labute approximate surface area is 120 Å². The first-order valence-corrected chi connectivity index (χ1v) is 6.99. The highest BCUT2D eigenvalue weighted by atomic mass is 19.1. The number of hydrogen-bond donors (Lipinski definition) is 2. The smallest absolute Gasteiger partial charge is 0.224 e. The van der Waals surface area contributed by atoms with Crippen LogP contribution in [-0.4, -0.2) is 12.5 Å². The van der Waals surface area contributed by atoms with Gasteiger partial charge in [-0.25, -0.2) is 4.39 Å². The molecule has 4 heteroatoms. The van der Waals surface area contributed by atoms with Crippen LogP contribution in [0.3, 0.4) is 0 Å². The zero-order chi connectivity index (χ0) is 15.3. The number of hydrogen-bond acceptors (Lipinski definition) is 2. The summed E-state index contributed by atoms with van der Waals surface area (Å²) in [6, 6.07) is 6.04. The molecular formula is C16H25FN2O. The third kappa shape index (κ3) is 5.29. The van der Waals surface area contributed by atoms with Gasteiger partial charge in [-0.15, -0.1) is 0 Å². The molecule has 1 aromatic rings. The van der Waals surface area contributed by atoms with Gasteiger partial charge in [-0.3, -0.25) is 4.79 Å². The minimum atomic E-state index is -0.298. The van der Waals surface area contributed by atoms with E-state index in [2.05, 4.69) is 26.1 Å². The standard InChI is InChI=1S/C16H25FN2O/c1-11(12-6-5-7-14(17)8-12)19-15(20)13(10-18)9-16(2,3)4/h5-8,11,13H,9-10,18H2,1-4H3,(H,19,20)/t11-,13?/m1/s1. The van der Waals surface area contributed by atoms with Crippen molar-refractivity contribution in [2.75, 3.05) is 6.54 Å². The van der Waals surface area contributed by atoms with E-state index in [1.54, 1.807) is 12.1 Å². The summed E-state index contributed by atoms with van der Waals surface area (Å²) in [7, 11) is 0. The first-order chi connectivity index (χ1) is 9.23. The van der Waals surface area contributed by atoms with Gasteiger partial charge < -0.3 is 11.1 Å². The molecule has 0 aliphatic rings. The Balaban J connectivity index is 2.68. The maximum atomic E-state index is 13.2. The molecule has 0 aromatic heterocycles. The number of amides is 1. The Morgan fingerprint density at radius 2 is 2.05 bits per heavy atom. The van der Waals surface area contributed by atoms with Crippen LogP contribution in [0, 0.1) is 17.2 Å². The summed E-state index contributed by atoms with van der Waals surface area (Å²) in [5.41, 5.74) is 6.50. The van der Waals surface area contributed by atoms with Crippen LogP contribution in [0.1, 0.15) is 45.7 Å². The normalized spacial score (nSPS) is 14.7. The predicted molar refractivity (Wildman–Crippen MR) is 79.6 cm³/mol. The highest BCUT2D eigenvalue weighted by molar-refractivity contribution is 5.79. The van der Waals surface area contributed by atoms with Crippen LogP contribution >= 0.6 is 0 Å². The summed E-state index contributed by atoms with van der Waals surface area (Å²) in [5.74, 6) is -0.584. The van der Waals surface area contributed by atoms with Gasteiger partial charge in [-0.05, 0) is 36.5 Å². The minimum absolute atomic E-state index is 0.0451. The fourth-order valence-electron chi connectivity index (χ4n) is 2.21. The highest BCUT2D eigenvalue weighted by Gasteiger charge is 2.24. The average Bonchev–Trinajstić information content (AvgIpc) is 2.34. The van der Waals surface area contributed by atoms with Gasteiger partial charge in [0.25, 0.3) is 0 Å². The summed E-state index contributed by atoms with van der Waals surface area (Å²) in [4.78, 5) is 12.2. The van der Waals surface area contributed by atoms with Gasteiger partial charge in [-0.2, -0.15) is 0 Å². The fraction of sp³-hybridized carbons (Fsp3) is 0.562. The van der Waals surface area contributed by atoms with Crippen LogP contribution in [0.15, 0.2) is 24.3 Å². The van der Waals surface area contributed by atoms with Crippen LogP contribution in [0.2, 0.25) is 0 Å². The Kier molecular flexibility index (Phi) is 5.69. The quantitative estimate of drug-likeness (QED) is 0.871. The second kappa shape index (κ2) is 6.84. The maximum absolute atomic E-state index is 13.2. The lowest BCUT2D eigenvalue weighted by atomic mass is 9.84. The van der Waals surface area contributed by atoms with Gasteiger partial charge in [0.05, 0.1) is 12.0 Å². The summed E-state index contributed by atoms with van der Waals surface area (Å²) >= 11 is 0. The van der Waals surface area contributed by atoms with E-state index in [-0.39, 0.29) is 29.1 Å². The molecule has 1 unspecified atom stereocenters. The lowest BCUT2D eigenvalue weighted by Gasteiger charge is -2.26. The third-order valence-electron chi connectivity index (χ3n) is 3.22. The van der Waals surface area contributed by atoms with E-state index in [0.717, 1.165) is 12.0 Å². The molecule has 0 heterocycles. The molecular weight excluding hydrogens is 255 g/mol. The molecule has 1 amide bonds. The van der Waals surface area contributed by atoms with Crippen molar-refractivity contribution in [3.8, 4) is 0 Å². The summed E-state index contributed by atoms with van der Waals surface area (Å²) in [5, 5.41) is 2.91. The largest absolute Gasteiger partial charge is 0.349 e. The average molecular weight is 280 g/mol. The lowest BCUT2D eigenvalue weighted by Crippen LogP contribution is -2.38. The van der Waals surface area contributed by atoms with Gasteiger partial charge in [0, 0.05) is 6.54 Å². The lowest BCUT2D eigenvalue weighted by molar-refractivity contribution is -0.126. The number of nitrogens with two attached hydrogens (primary N) is 1. The van der Waals surface area contributed by atoms with Crippen LogP contribution in [0.5, 0.6) is 0 Å². The van der Waals surface area contributed by atoms with Crippen molar-refractivity contribution < 1.29 is 9.18 Å². The Bertz CT molecular complexity index is 454. The summed E-state index contributed by atoms with van der Waals surface area (Å²) in [6.07, 6.45) is 0.727. The molecule has 20 heavy (non-hydrogen) atoms. The monoisotopic (exact) mass is 280 g/mol. The van der Waals surface area contributed by atoms with Gasteiger partial charge in [0.15, 0.2) is 0 Å². The first kappa shape index (κ1) is 16.6. The highest BCUT2D eigenvalue weighted by Crippen LogP contribution is 2.24. The number of nitrogens with one attached hydrogen (secondary N) is 1. The molecule has 0 bridgehead atoms. The van der Waals surface area contributed by atoms with Crippen molar-refractivity contribution in [3.05, 3.63) is 35.6 Å². The second-order valence-corrected chi connectivity index (χ2v) is 6.48. The van der Waals surface area contributed by atoms with Crippen LogP contribution < -0.4 is 11.1 Å². The molecule has 112 valence electrons. The molecule has 0 saturated heterocycles. The van der Waals surface area contributed by atoms with Crippen LogP contribution in [0.4, 0.5) is 4.39 Å². The van der Waals surface area contributed by atoms with Gasteiger partial charge >= 0.3 is 0 Å². The van der Waals surface area contributed by atoms with Gasteiger partial charge in [0.1, 0.15) is 5.82 Å². The van der Waals surface area contributed by atoms with E-state index >= 15 is 0 Å². The SMILES string of the molecule is C[C@@H](NC(=O)C(CN)CC(C)(C)C)c1cccc(F)c1. The van der Waals surface area contributed by atoms with Crippen LogP contribution in [-0.2, 0) is 4.79 Å². The molecule has 0 aliphatic heterocycles. The van der Waals surface area contributed by atoms with Gasteiger partial charge in [-0.1, -0.05) is 32.9 Å². The number of halogens is 1. The number of carbonyl (C=O) groups is 1. The molecule has 3 nitrogen and oxygen atoms in total. The zero-order valence-electron chi connectivity index (χ0n) is 12.7. The third-order valence-corrected chi connectivity index (χ3v) is 3.22. The van der Waals surface area contributed by atoms with E-state index in [1.807, 2.05) is 6.92 Å². The topological polar surface area (TPSA) is 55.1 Å². The van der Waals surface area contributed by atoms with Crippen molar-refractivity contribution in [2.24, 2.45) is 17.1 Å². The maximum Gasteiger partial charge on any atom is 0.224 e. The van der Waals surface area contributed by atoms with E-state index < -0.39 is 0 Å². The summed E-state index contributed by atoms with van der Waals surface area (Å²) in [6.45, 7) is 8.41. The van der Waals surface area contributed by atoms with Crippen molar-refractivity contribution in [2.45, 2.75) is 40.2 Å². The molecule has 1 aromatic carbocycles. The number of carbonyl (C=O) groups excluding carboxylic acids is 1. The van der Waals surface area contributed by atoms with Gasteiger partial charge in [0.2, 0.25) is 5.91 Å². The molecule has 0 radical (unpaired) electrons. The molecule has 0 aliphatic carbocycles. The van der Waals surface area contributed by atoms with Crippen molar-refractivity contribution >= 4 is 5.91 Å². The first-order valence-electron chi connectivity index (χ1n) is 6.99. The molecule has 0 fully saturated rings. The van der Waals surface area contributed by atoms with E-state index in [0.29, 0.717) is 6.54 Å². The second-order valence-electron chi connectivity index (χ2n) is 6.48. The number of benzene rings is 1. The van der Waals surface area contributed by atoms with Crippen molar-refractivity contribution in [1.82, 2.24) is 5.32 Å². The van der Waals surface area contributed by atoms with E-state index in [1.165, 1.54) is 12.1 Å². The molecule has 3 N–H and O–H groups in total. The van der Waals surface area contributed by atoms with Crippen molar-refractivity contribution in [3.63, 3.8) is 0 Å². The molecule has 1 rings (SSSR count). The Morgan fingerprint density at radius 3 is 2.55 bits per heavy atom. The van der Waals surface area contributed by atoms with Crippen LogP contribution in [0.25, 0.3) is 0 Å². The zero-order valence-corrected chi connectivity index (χ0v) is 12.7. The Morgan fingerprint density at radius 1 is 1.40 bits per heavy atom. The predicted octanol–water partition coefficient (Wildman–Crippen LogP) is 3.01.